The van der Waals surface area contributed by atoms with Crippen LogP contribution in [0.4, 0.5) is 10.8 Å². The largest absolute Gasteiger partial charge is 0.380 e. The number of halogens is 1. The summed E-state index contributed by atoms with van der Waals surface area (Å²) in [6.45, 7) is 7.02. The van der Waals surface area contributed by atoms with Crippen molar-refractivity contribution in [3.63, 3.8) is 0 Å². The highest BCUT2D eigenvalue weighted by Gasteiger charge is 2.14. The fourth-order valence-electron chi connectivity index (χ4n) is 3.64. The van der Waals surface area contributed by atoms with Gasteiger partial charge in [0, 0.05) is 23.5 Å². The number of rotatable bonds is 6. The van der Waals surface area contributed by atoms with E-state index in [4.69, 9.17) is 11.6 Å². The maximum atomic E-state index is 6.53. The number of nitrogens with one attached hydrogen (secondary N) is 3. The van der Waals surface area contributed by atoms with Gasteiger partial charge in [0.05, 0.1) is 16.4 Å². The van der Waals surface area contributed by atoms with Crippen LogP contribution < -0.4 is 16.0 Å². The fourth-order valence-corrected chi connectivity index (χ4v) is 4.75. The molecule has 0 atom stereocenters. The number of hydrogen-bond donors (Lipinski definition) is 3. The first-order valence-electron chi connectivity index (χ1n) is 10.2. The van der Waals surface area contributed by atoms with Gasteiger partial charge in [0.1, 0.15) is 0 Å². The zero-order valence-corrected chi connectivity index (χ0v) is 18.5. The minimum absolute atomic E-state index is 0.387. The van der Waals surface area contributed by atoms with Crippen molar-refractivity contribution >= 4 is 33.8 Å². The molecule has 0 bridgehead atoms. The normalized spacial score (nSPS) is 13.8. The van der Waals surface area contributed by atoms with Crippen molar-refractivity contribution in [3.8, 4) is 11.3 Å². The molecule has 0 spiro atoms. The second-order valence-corrected chi connectivity index (χ2v) is 8.96. The van der Waals surface area contributed by atoms with E-state index in [0.717, 1.165) is 59.6 Å². The number of hydrogen-bond acceptors (Lipinski definition) is 5. The molecule has 0 radical (unpaired) electrons. The molecule has 4 rings (SSSR count). The van der Waals surface area contributed by atoms with Crippen LogP contribution in [0.2, 0.25) is 5.02 Å². The van der Waals surface area contributed by atoms with Gasteiger partial charge in [-0.2, -0.15) is 0 Å². The molecule has 1 aliphatic heterocycles. The molecule has 0 saturated carbocycles. The van der Waals surface area contributed by atoms with Crippen molar-refractivity contribution in [3.05, 3.63) is 63.5 Å². The van der Waals surface area contributed by atoms with Crippen LogP contribution in [0, 0.1) is 0 Å². The van der Waals surface area contributed by atoms with E-state index >= 15 is 0 Å². The third-order valence-corrected chi connectivity index (χ3v) is 6.21. The quantitative estimate of drug-likeness (QED) is 0.481. The van der Waals surface area contributed by atoms with Crippen LogP contribution >= 0.6 is 22.9 Å². The van der Waals surface area contributed by atoms with E-state index in [1.807, 2.05) is 6.07 Å². The Morgan fingerprint density at radius 3 is 2.69 bits per heavy atom. The van der Waals surface area contributed by atoms with Crippen molar-refractivity contribution in [1.82, 2.24) is 10.3 Å². The van der Waals surface area contributed by atoms with Crippen LogP contribution in [0.3, 0.4) is 0 Å². The topological polar surface area (TPSA) is 49.0 Å². The Morgan fingerprint density at radius 1 is 1.10 bits per heavy atom. The lowest BCUT2D eigenvalue weighted by Gasteiger charge is -2.16. The van der Waals surface area contributed by atoms with Crippen LogP contribution in [0.1, 0.15) is 30.5 Å². The van der Waals surface area contributed by atoms with Gasteiger partial charge in [0.2, 0.25) is 0 Å². The second-order valence-electron chi connectivity index (χ2n) is 7.70. The first kappa shape index (κ1) is 20.2. The Morgan fingerprint density at radius 2 is 1.90 bits per heavy atom. The lowest BCUT2D eigenvalue weighted by Crippen LogP contribution is -2.16. The molecule has 6 heteroatoms. The van der Waals surface area contributed by atoms with E-state index in [2.05, 4.69) is 70.5 Å². The summed E-state index contributed by atoms with van der Waals surface area (Å²) in [5.41, 5.74) is 7.21. The molecule has 0 fully saturated rings. The van der Waals surface area contributed by atoms with Gasteiger partial charge < -0.3 is 16.0 Å². The lowest BCUT2D eigenvalue weighted by molar-refractivity contribution is 0.711. The number of aromatic nitrogens is 1. The van der Waals surface area contributed by atoms with Gasteiger partial charge in [0.25, 0.3) is 0 Å². The maximum absolute atomic E-state index is 6.53. The molecule has 1 aromatic heterocycles. The molecule has 0 aliphatic carbocycles. The molecular weight excluding hydrogens is 400 g/mol. The highest BCUT2D eigenvalue weighted by atomic mass is 35.5. The molecule has 0 saturated heterocycles. The summed E-state index contributed by atoms with van der Waals surface area (Å²) in [5.74, 6) is 0. The van der Waals surface area contributed by atoms with E-state index in [1.165, 1.54) is 16.7 Å². The monoisotopic (exact) mass is 426 g/mol. The van der Waals surface area contributed by atoms with Crippen LogP contribution in [-0.4, -0.2) is 24.1 Å². The van der Waals surface area contributed by atoms with Crippen molar-refractivity contribution < 1.29 is 0 Å². The van der Waals surface area contributed by atoms with Crippen molar-refractivity contribution in [2.75, 3.05) is 23.7 Å². The Bertz CT molecular complexity index is 966. The summed E-state index contributed by atoms with van der Waals surface area (Å²) in [4.78, 5) is 4.68. The molecule has 29 heavy (non-hydrogen) atoms. The lowest BCUT2D eigenvalue weighted by atomic mass is 10.0. The highest BCUT2D eigenvalue weighted by Crippen LogP contribution is 2.31. The van der Waals surface area contributed by atoms with Gasteiger partial charge in [-0.3, -0.25) is 0 Å². The molecule has 0 amide bonds. The Hall–Kier alpha value is -2.08. The summed E-state index contributed by atoms with van der Waals surface area (Å²) in [5, 5.41) is 14.3. The molecule has 0 unspecified atom stereocenters. The molecule has 4 nitrogen and oxygen atoms in total. The number of benzene rings is 2. The average molecular weight is 427 g/mol. The zero-order chi connectivity index (χ0) is 20.2. The molecule has 2 heterocycles. The summed E-state index contributed by atoms with van der Waals surface area (Å²) < 4.78 is 0. The first-order chi connectivity index (χ1) is 14.1. The third-order valence-electron chi connectivity index (χ3n) is 5.12. The molecule has 1 aliphatic rings. The SMILES string of the molecule is CC(C)Nc1nc(-c2ccc(CNc3c(Cl)ccc4c3CCNCC4)cc2)cs1. The highest BCUT2D eigenvalue weighted by molar-refractivity contribution is 7.14. The second kappa shape index (κ2) is 9.16. The minimum Gasteiger partial charge on any atom is -0.380 e. The smallest absolute Gasteiger partial charge is 0.183 e. The molecule has 2 aromatic carbocycles. The van der Waals surface area contributed by atoms with Gasteiger partial charge in [0.15, 0.2) is 5.13 Å². The Labute approximate surface area is 181 Å². The standard InChI is InChI=1S/C23H27ClN4S/c1-15(2)27-23-28-21(14-29-23)18-5-3-16(4-6-18)13-26-22-19-10-12-25-11-9-17(19)7-8-20(22)24/h3-8,14-15,25-26H,9-13H2,1-2H3,(H,27,28). The third kappa shape index (κ3) is 4.92. The van der Waals surface area contributed by atoms with Gasteiger partial charge >= 0.3 is 0 Å². The Kier molecular flexibility index (Phi) is 6.38. The van der Waals surface area contributed by atoms with Crippen LogP contribution in [0.15, 0.2) is 41.8 Å². The molecule has 152 valence electrons. The molecule has 3 N–H and O–H groups in total. The predicted molar refractivity (Wildman–Crippen MR) is 125 cm³/mol. The Balaban J connectivity index is 1.46. The summed E-state index contributed by atoms with van der Waals surface area (Å²) in [6, 6.07) is 13.2. The minimum atomic E-state index is 0.387. The summed E-state index contributed by atoms with van der Waals surface area (Å²) in [7, 11) is 0. The predicted octanol–water partition coefficient (Wildman–Crippen LogP) is 5.58. The van der Waals surface area contributed by atoms with E-state index in [0.29, 0.717) is 6.04 Å². The van der Waals surface area contributed by atoms with Gasteiger partial charge in [-0.05, 0) is 62.5 Å². The number of thiazole rings is 1. The van der Waals surface area contributed by atoms with Crippen LogP contribution in [0.5, 0.6) is 0 Å². The molecular formula is C23H27ClN4S. The molecule has 3 aromatic rings. The fraction of sp³-hybridized carbons (Fsp3) is 0.348. The van der Waals surface area contributed by atoms with Crippen molar-refractivity contribution in [1.29, 1.82) is 0 Å². The summed E-state index contributed by atoms with van der Waals surface area (Å²) >= 11 is 8.17. The van der Waals surface area contributed by atoms with Crippen LogP contribution in [-0.2, 0) is 19.4 Å². The van der Waals surface area contributed by atoms with E-state index < -0.39 is 0 Å². The van der Waals surface area contributed by atoms with E-state index in [-0.39, 0.29) is 0 Å². The first-order valence-corrected chi connectivity index (χ1v) is 11.4. The van der Waals surface area contributed by atoms with Crippen molar-refractivity contribution in [2.24, 2.45) is 0 Å². The van der Waals surface area contributed by atoms with Gasteiger partial charge in [-0.15, -0.1) is 11.3 Å². The number of fused-ring (bicyclic) bond motifs is 1. The number of nitrogens with zero attached hydrogens (tertiary/aromatic N) is 1. The number of anilines is 2. The van der Waals surface area contributed by atoms with E-state index in [1.54, 1.807) is 11.3 Å². The maximum Gasteiger partial charge on any atom is 0.183 e. The van der Waals surface area contributed by atoms with Crippen molar-refractivity contribution in [2.45, 2.75) is 39.3 Å². The average Bonchev–Trinajstić information content (AvgIpc) is 3.03. The van der Waals surface area contributed by atoms with E-state index in [9.17, 15) is 0 Å². The van der Waals surface area contributed by atoms with Crippen LogP contribution in [0.25, 0.3) is 11.3 Å². The van der Waals surface area contributed by atoms with Gasteiger partial charge in [-0.1, -0.05) is 41.9 Å². The zero-order valence-electron chi connectivity index (χ0n) is 16.9. The summed E-state index contributed by atoms with van der Waals surface area (Å²) in [6.07, 6.45) is 2.06. The van der Waals surface area contributed by atoms with Gasteiger partial charge in [-0.25, -0.2) is 4.98 Å².